The average Bonchev–Trinajstić information content (AvgIpc) is 2.68. The quantitative estimate of drug-likeness (QED) is 0.331. The van der Waals surface area contributed by atoms with E-state index in [9.17, 15) is 0 Å². The van der Waals surface area contributed by atoms with Gasteiger partial charge in [-0.3, -0.25) is 0 Å². The number of hydrogen-bond acceptors (Lipinski definition) is 2. The fraction of sp³-hybridized carbons (Fsp3) is 0.625. The monoisotopic (exact) mass is 353 g/mol. The van der Waals surface area contributed by atoms with E-state index in [1.807, 2.05) is 18.4 Å². The first kappa shape index (κ1) is 20.6. The van der Waals surface area contributed by atoms with E-state index in [0.29, 0.717) is 12.0 Å². The molecule has 1 unspecified atom stereocenters. The van der Waals surface area contributed by atoms with Gasteiger partial charge in [-0.1, -0.05) is 38.3 Å². The highest BCUT2D eigenvalue weighted by Crippen LogP contribution is 2.37. The van der Waals surface area contributed by atoms with Gasteiger partial charge >= 0.3 is 0 Å². The van der Waals surface area contributed by atoms with Gasteiger partial charge in [0.15, 0.2) is 0 Å². The van der Waals surface area contributed by atoms with E-state index in [-0.39, 0.29) is 0 Å². The Balaban J connectivity index is 1.63. The molecule has 1 saturated carbocycles. The molecular formula is C24H35NO. The van der Waals surface area contributed by atoms with Crippen molar-refractivity contribution in [2.75, 3.05) is 0 Å². The van der Waals surface area contributed by atoms with Crippen molar-refractivity contribution in [1.82, 2.24) is 0 Å². The smallest absolute Gasteiger partial charge is 0.0991 e. The topological polar surface area (TPSA) is 33.0 Å². The molecule has 26 heavy (non-hydrogen) atoms. The molecule has 1 fully saturated rings. The summed E-state index contributed by atoms with van der Waals surface area (Å²) >= 11 is 0. The molecule has 0 spiro atoms. The van der Waals surface area contributed by atoms with Crippen molar-refractivity contribution in [3.8, 4) is 6.07 Å². The van der Waals surface area contributed by atoms with Crippen LogP contribution >= 0.6 is 0 Å². The zero-order valence-corrected chi connectivity index (χ0v) is 16.6. The Hall–Kier alpha value is -1.75. The maximum Gasteiger partial charge on any atom is 0.0991 e. The molecule has 0 heterocycles. The van der Waals surface area contributed by atoms with Crippen LogP contribution in [0.5, 0.6) is 0 Å². The van der Waals surface area contributed by atoms with E-state index in [4.69, 9.17) is 10.00 Å². The van der Waals surface area contributed by atoms with E-state index in [1.54, 1.807) is 0 Å². The van der Waals surface area contributed by atoms with Gasteiger partial charge in [0, 0.05) is 0 Å². The molecule has 2 nitrogen and oxygen atoms in total. The van der Waals surface area contributed by atoms with Crippen LogP contribution in [0.2, 0.25) is 0 Å². The van der Waals surface area contributed by atoms with Crippen molar-refractivity contribution in [2.24, 2.45) is 5.92 Å². The standard InChI is InChI=1S/C24H35NO/c1-3-4-5-6-7-8-17-26-20(2)18-21-9-13-23(14-10-21)24-15-11-22(19-25)12-16-24/h8,11-12,15-17,20-21,23H,3-7,9-10,13-14,18H2,1-2H3/b17-8+. The van der Waals surface area contributed by atoms with Crippen LogP contribution in [0.25, 0.3) is 0 Å². The van der Waals surface area contributed by atoms with Crippen LogP contribution in [-0.2, 0) is 4.74 Å². The summed E-state index contributed by atoms with van der Waals surface area (Å²) in [6.07, 6.45) is 17.1. The Labute approximate surface area is 160 Å². The van der Waals surface area contributed by atoms with E-state index < -0.39 is 0 Å². The Morgan fingerprint density at radius 3 is 2.50 bits per heavy atom. The molecule has 0 bridgehead atoms. The van der Waals surface area contributed by atoms with Gasteiger partial charge in [0.05, 0.1) is 24.0 Å². The first-order valence-corrected chi connectivity index (χ1v) is 10.5. The van der Waals surface area contributed by atoms with Gasteiger partial charge in [0.1, 0.15) is 0 Å². The van der Waals surface area contributed by atoms with Crippen molar-refractivity contribution in [3.63, 3.8) is 0 Å². The minimum absolute atomic E-state index is 0.318. The molecule has 142 valence electrons. The summed E-state index contributed by atoms with van der Waals surface area (Å²) in [7, 11) is 0. The molecule has 1 atom stereocenters. The highest BCUT2D eigenvalue weighted by atomic mass is 16.5. The number of nitrogens with zero attached hydrogens (tertiary/aromatic N) is 1. The van der Waals surface area contributed by atoms with Crippen molar-refractivity contribution < 1.29 is 4.74 Å². The molecule has 0 amide bonds. The predicted octanol–water partition coefficient (Wildman–Crippen LogP) is 7.11. The maximum atomic E-state index is 8.92. The zero-order chi connectivity index (χ0) is 18.6. The molecule has 1 aromatic carbocycles. The second-order valence-electron chi connectivity index (χ2n) is 7.85. The maximum absolute atomic E-state index is 8.92. The van der Waals surface area contributed by atoms with Crippen LogP contribution in [-0.4, -0.2) is 6.10 Å². The van der Waals surface area contributed by atoms with Gasteiger partial charge in [0.25, 0.3) is 0 Å². The molecule has 2 rings (SSSR count). The Morgan fingerprint density at radius 2 is 1.85 bits per heavy atom. The molecule has 1 aliphatic carbocycles. The third-order valence-electron chi connectivity index (χ3n) is 5.65. The lowest BCUT2D eigenvalue weighted by Crippen LogP contribution is -2.18. The molecule has 1 aliphatic rings. The lowest BCUT2D eigenvalue weighted by Gasteiger charge is -2.30. The van der Waals surface area contributed by atoms with E-state index in [2.05, 4.69) is 38.1 Å². The van der Waals surface area contributed by atoms with E-state index >= 15 is 0 Å². The van der Waals surface area contributed by atoms with Gasteiger partial charge in [0.2, 0.25) is 0 Å². The third-order valence-corrected chi connectivity index (χ3v) is 5.65. The second kappa shape index (κ2) is 11.8. The van der Waals surface area contributed by atoms with Crippen molar-refractivity contribution in [3.05, 3.63) is 47.7 Å². The summed E-state index contributed by atoms with van der Waals surface area (Å²) in [4.78, 5) is 0. The second-order valence-corrected chi connectivity index (χ2v) is 7.85. The lowest BCUT2D eigenvalue weighted by atomic mass is 9.77. The molecule has 0 aromatic heterocycles. The van der Waals surface area contributed by atoms with Crippen LogP contribution in [0.15, 0.2) is 36.6 Å². The summed E-state index contributed by atoms with van der Waals surface area (Å²) in [5, 5.41) is 8.92. The highest BCUT2D eigenvalue weighted by molar-refractivity contribution is 5.33. The number of unbranched alkanes of at least 4 members (excludes halogenated alkanes) is 4. The predicted molar refractivity (Wildman–Crippen MR) is 109 cm³/mol. The zero-order valence-electron chi connectivity index (χ0n) is 16.6. The Kier molecular flexibility index (Phi) is 9.32. The Morgan fingerprint density at radius 1 is 1.12 bits per heavy atom. The van der Waals surface area contributed by atoms with Gasteiger partial charge < -0.3 is 4.74 Å². The summed E-state index contributed by atoms with van der Waals surface area (Å²) in [5.74, 6) is 1.45. The summed E-state index contributed by atoms with van der Waals surface area (Å²) < 4.78 is 5.88. The SMILES string of the molecule is CCCCCC/C=C/OC(C)CC1CCC(c2ccc(C#N)cc2)CC1. The van der Waals surface area contributed by atoms with Gasteiger partial charge in [-0.05, 0) is 87.5 Å². The molecule has 0 saturated heterocycles. The van der Waals surface area contributed by atoms with Crippen LogP contribution in [0.3, 0.4) is 0 Å². The third kappa shape index (κ3) is 7.24. The van der Waals surface area contributed by atoms with Crippen molar-refractivity contribution in [1.29, 1.82) is 5.26 Å². The molecule has 0 radical (unpaired) electrons. The number of hydrogen-bond donors (Lipinski definition) is 0. The Bertz CT molecular complexity index is 561. The minimum atomic E-state index is 0.318. The van der Waals surface area contributed by atoms with Gasteiger partial charge in [-0.25, -0.2) is 0 Å². The van der Waals surface area contributed by atoms with Crippen molar-refractivity contribution in [2.45, 2.75) is 90.1 Å². The fourth-order valence-electron chi connectivity index (χ4n) is 4.03. The molecule has 0 aliphatic heterocycles. The molecular weight excluding hydrogens is 318 g/mol. The largest absolute Gasteiger partial charge is 0.499 e. The molecule has 1 aromatic rings. The normalized spacial score (nSPS) is 21.4. The van der Waals surface area contributed by atoms with Crippen molar-refractivity contribution >= 4 is 0 Å². The van der Waals surface area contributed by atoms with Gasteiger partial charge in [-0.2, -0.15) is 5.26 Å². The summed E-state index contributed by atoms with van der Waals surface area (Å²) in [6.45, 7) is 4.45. The summed E-state index contributed by atoms with van der Waals surface area (Å²) in [5.41, 5.74) is 2.16. The minimum Gasteiger partial charge on any atom is -0.499 e. The first-order chi connectivity index (χ1) is 12.7. The van der Waals surface area contributed by atoms with Crippen LogP contribution in [0, 0.1) is 17.2 Å². The number of allylic oxidation sites excluding steroid dienone is 1. The highest BCUT2D eigenvalue weighted by Gasteiger charge is 2.23. The van der Waals surface area contributed by atoms with Crippen LogP contribution in [0.4, 0.5) is 0 Å². The number of nitriles is 1. The first-order valence-electron chi connectivity index (χ1n) is 10.5. The molecule has 0 N–H and O–H groups in total. The van der Waals surface area contributed by atoms with Crippen LogP contribution in [0.1, 0.15) is 95.1 Å². The average molecular weight is 354 g/mol. The number of benzene rings is 1. The van der Waals surface area contributed by atoms with E-state index in [1.165, 1.54) is 63.4 Å². The lowest BCUT2D eigenvalue weighted by molar-refractivity contribution is 0.120. The fourth-order valence-corrected chi connectivity index (χ4v) is 4.03. The molecule has 2 heteroatoms. The van der Waals surface area contributed by atoms with Crippen LogP contribution < -0.4 is 0 Å². The van der Waals surface area contributed by atoms with E-state index in [0.717, 1.165) is 17.9 Å². The number of rotatable bonds is 10. The summed E-state index contributed by atoms with van der Waals surface area (Å²) in [6, 6.07) is 10.4. The van der Waals surface area contributed by atoms with Gasteiger partial charge in [-0.15, -0.1) is 0 Å². The number of ether oxygens (including phenoxy) is 1.